The Morgan fingerprint density at radius 1 is 0.842 bits per heavy atom. The molecule has 0 rings (SSSR count). The summed E-state index contributed by atoms with van der Waals surface area (Å²) in [6, 6.07) is 0. The first-order valence-corrected chi connectivity index (χ1v) is 7.41. The van der Waals surface area contributed by atoms with Crippen LogP contribution < -0.4 is 0 Å². The normalized spacial score (nSPS) is 10.5. The highest BCUT2D eigenvalue weighted by atomic mass is 16.6. The van der Waals surface area contributed by atoms with Crippen LogP contribution in [0, 0.1) is 5.92 Å². The second-order valence-corrected chi connectivity index (χ2v) is 5.22. The van der Waals surface area contributed by atoms with Crippen LogP contribution in [0.25, 0.3) is 0 Å². The molecule has 0 aliphatic carbocycles. The molecule has 0 aromatic rings. The molecule has 0 bridgehead atoms. The second-order valence-electron chi connectivity index (χ2n) is 5.22. The van der Waals surface area contributed by atoms with E-state index in [1.165, 1.54) is 12.8 Å². The van der Waals surface area contributed by atoms with E-state index in [0.29, 0.717) is 19.1 Å². The molecule has 0 N–H and O–H groups in total. The summed E-state index contributed by atoms with van der Waals surface area (Å²) in [4.78, 5) is 22.5. The lowest BCUT2D eigenvalue weighted by molar-refractivity contribution is -0.167. The van der Waals surface area contributed by atoms with Gasteiger partial charge in [-0.3, -0.25) is 0 Å². The molecule has 0 fully saturated rings. The lowest BCUT2D eigenvalue weighted by Gasteiger charge is -2.06. The average molecular weight is 272 g/mol. The maximum Gasteiger partial charge on any atom is 0.417 e. The summed E-state index contributed by atoms with van der Waals surface area (Å²) >= 11 is 0. The van der Waals surface area contributed by atoms with E-state index in [9.17, 15) is 9.59 Å². The van der Waals surface area contributed by atoms with Crippen LogP contribution in [0.1, 0.15) is 65.7 Å². The molecule has 19 heavy (non-hydrogen) atoms. The molecule has 0 unspecified atom stereocenters. The fourth-order valence-electron chi connectivity index (χ4n) is 1.64. The third kappa shape index (κ3) is 11.7. The van der Waals surface area contributed by atoms with Gasteiger partial charge in [0.1, 0.15) is 0 Å². The Kier molecular flexibility index (Phi) is 11.3. The Hall–Kier alpha value is -1.06. The number of hydrogen-bond donors (Lipinski definition) is 0. The fourth-order valence-corrected chi connectivity index (χ4v) is 1.64. The van der Waals surface area contributed by atoms with Crippen LogP contribution in [-0.2, 0) is 19.1 Å². The Labute approximate surface area is 116 Å². The number of hydrogen-bond acceptors (Lipinski definition) is 4. The van der Waals surface area contributed by atoms with Crippen LogP contribution in [0.15, 0.2) is 0 Å². The van der Waals surface area contributed by atoms with Crippen molar-refractivity contribution in [2.45, 2.75) is 65.7 Å². The first-order chi connectivity index (χ1) is 9.07. The Balaban J connectivity index is 3.46. The van der Waals surface area contributed by atoms with Crippen molar-refractivity contribution < 1.29 is 19.1 Å². The van der Waals surface area contributed by atoms with Crippen molar-refractivity contribution in [2.75, 3.05) is 13.2 Å². The summed E-state index contributed by atoms with van der Waals surface area (Å²) in [6.45, 7) is 6.96. The van der Waals surface area contributed by atoms with Gasteiger partial charge in [0.05, 0.1) is 13.2 Å². The molecule has 0 heterocycles. The minimum absolute atomic E-state index is 0.294. The minimum atomic E-state index is -0.864. The Morgan fingerprint density at radius 2 is 1.37 bits per heavy atom. The second kappa shape index (κ2) is 12.0. The molecule has 0 aliphatic heterocycles. The topological polar surface area (TPSA) is 52.6 Å². The molecular formula is C15H28O4. The number of esters is 2. The largest absolute Gasteiger partial charge is 0.457 e. The van der Waals surface area contributed by atoms with Gasteiger partial charge in [0.25, 0.3) is 0 Å². The highest BCUT2D eigenvalue weighted by Gasteiger charge is 2.16. The van der Waals surface area contributed by atoms with Crippen molar-refractivity contribution in [1.29, 1.82) is 0 Å². The van der Waals surface area contributed by atoms with E-state index in [4.69, 9.17) is 9.47 Å². The van der Waals surface area contributed by atoms with Gasteiger partial charge in [-0.05, 0) is 25.2 Å². The summed E-state index contributed by atoms with van der Waals surface area (Å²) in [7, 11) is 0. The molecule has 0 spiro atoms. The molecule has 0 aromatic carbocycles. The van der Waals surface area contributed by atoms with E-state index in [1.54, 1.807) is 0 Å². The van der Waals surface area contributed by atoms with E-state index in [2.05, 4.69) is 20.8 Å². The predicted molar refractivity (Wildman–Crippen MR) is 74.7 cm³/mol. The van der Waals surface area contributed by atoms with Crippen LogP contribution in [-0.4, -0.2) is 25.2 Å². The van der Waals surface area contributed by atoms with Crippen LogP contribution in [0.5, 0.6) is 0 Å². The maximum atomic E-state index is 11.3. The van der Waals surface area contributed by atoms with Crippen molar-refractivity contribution in [1.82, 2.24) is 0 Å². The quantitative estimate of drug-likeness (QED) is 0.347. The molecule has 0 atom stereocenters. The molecule has 0 saturated carbocycles. The van der Waals surface area contributed by atoms with E-state index >= 15 is 0 Å². The summed E-state index contributed by atoms with van der Waals surface area (Å²) in [5.41, 5.74) is 0. The standard InChI is InChI=1S/C15H28O4/c1-4-5-6-7-8-11-18-14(16)15(17)19-12-9-10-13(2)3/h13H,4-12H2,1-3H3. The maximum absolute atomic E-state index is 11.3. The third-order valence-corrected chi connectivity index (χ3v) is 2.81. The molecule has 112 valence electrons. The van der Waals surface area contributed by atoms with Crippen LogP contribution >= 0.6 is 0 Å². The van der Waals surface area contributed by atoms with E-state index in [-0.39, 0.29) is 0 Å². The van der Waals surface area contributed by atoms with Gasteiger partial charge in [-0.2, -0.15) is 0 Å². The molecule has 0 aliphatic rings. The highest BCUT2D eigenvalue weighted by Crippen LogP contribution is 2.04. The first kappa shape index (κ1) is 17.9. The minimum Gasteiger partial charge on any atom is -0.457 e. The third-order valence-electron chi connectivity index (χ3n) is 2.81. The summed E-state index contributed by atoms with van der Waals surface area (Å²) in [5.74, 6) is -1.15. The molecule has 0 aromatic heterocycles. The summed E-state index contributed by atoms with van der Waals surface area (Å²) in [5, 5.41) is 0. The number of ether oxygens (including phenoxy) is 2. The summed E-state index contributed by atoms with van der Waals surface area (Å²) in [6.07, 6.45) is 7.15. The number of carbonyl (C=O) groups is 2. The van der Waals surface area contributed by atoms with Gasteiger partial charge in [-0.15, -0.1) is 0 Å². The predicted octanol–water partition coefficient (Wildman–Crippen LogP) is 3.48. The molecule has 4 heteroatoms. The van der Waals surface area contributed by atoms with Gasteiger partial charge >= 0.3 is 11.9 Å². The van der Waals surface area contributed by atoms with Gasteiger partial charge in [0.15, 0.2) is 0 Å². The zero-order chi connectivity index (χ0) is 14.5. The smallest absolute Gasteiger partial charge is 0.417 e. The lowest BCUT2D eigenvalue weighted by atomic mass is 10.1. The van der Waals surface area contributed by atoms with Gasteiger partial charge < -0.3 is 9.47 Å². The average Bonchev–Trinajstić information content (AvgIpc) is 2.38. The van der Waals surface area contributed by atoms with Gasteiger partial charge in [-0.25, -0.2) is 9.59 Å². The Morgan fingerprint density at radius 3 is 1.89 bits per heavy atom. The van der Waals surface area contributed by atoms with Gasteiger partial charge in [0, 0.05) is 0 Å². The van der Waals surface area contributed by atoms with Gasteiger partial charge in [0.2, 0.25) is 0 Å². The van der Waals surface area contributed by atoms with E-state index < -0.39 is 11.9 Å². The number of carbonyl (C=O) groups excluding carboxylic acids is 2. The van der Waals surface area contributed by atoms with E-state index in [1.807, 2.05) is 0 Å². The highest BCUT2D eigenvalue weighted by molar-refractivity contribution is 6.29. The summed E-state index contributed by atoms with van der Waals surface area (Å²) < 4.78 is 9.69. The molecule has 4 nitrogen and oxygen atoms in total. The zero-order valence-corrected chi connectivity index (χ0v) is 12.6. The molecular weight excluding hydrogens is 244 g/mol. The van der Waals surface area contributed by atoms with Crippen LogP contribution in [0.4, 0.5) is 0 Å². The van der Waals surface area contributed by atoms with Crippen molar-refractivity contribution in [3.63, 3.8) is 0 Å². The van der Waals surface area contributed by atoms with E-state index in [0.717, 1.165) is 32.1 Å². The van der Waals surface area contributed by atoms with Crippen molar-refractivity contribution in [2.24, 2.45) is 5.92 Å². The lowest BCUT2D eigenvalue weighted by Crippen LogP contribution is -2.21. The Bertz CT molecular complexity index is 249. The molecule has 0 radical (unpaired) electrons. The number of rotatable bonds is 10. The molecule has 0 saturated heterocycles. The van der Waals surface area contributed by atoms with Crippen LogP contribution in [0.2, 0.25) is 0 Å². The first-order valence-electron chi connectivity index (χ1n) is 7.41. The van der Waals surface area contributed by atoms with Crippen molar-refractivity contribution >= 4 is 11.9 Å². The SMILES string of the molecule is CCCCCCCOC(=O)C(=O)OCCCC(C)C. The fraction of sp³-hybridized carbons (Fsp3) is 0.867. The monoisotopic (exact) mass is 272 g/mol. The van der Waals surface area contributed by atoms with Crippen LogP contribution in [0.3, 0.4) is 0 Å². The zero-order valence-electron chi connectivity index (χ0n) is 12.6. The van der Waals surface area contributed by atoms with Gasteiger partial charge in [-0.1, -0.05) is 46.5 Å². The number of unbranched alkanes of at least 4 members (excludes halogenated alkanes) is 4. The van der Waals surface area contributed by atoms with Crippen molar-refractivity contribution in [3.05, 3.63) is 0 Å². The molecule has 0 amide bonds. The van der Waals surface area contributed by atoms with Crippen molar-refractivity contribution in [3.8, 4) is 0 Å².